The first-order chi connectivity index (χ1) is 16.0. The first-order valence-corrected chi connectivity index (χ1v) is 11.2. The van der Waals surface area contributed by atoms with Gasteiger partial charge in [-0.15, -0.1) is 0 Å². The van der Waals surface area contributed by atoms with E-state index in [0.29, 0.717) is 34.1 Å². The molecule has 9 heteroatoms. The Bertz CT molecular complexity index is 1490. The van der Waals surface area contributed by atoms with Crippen LogP contribution in [0.2, 0.25) is 5.02 Å². The van der Waals surface area contributed by atoms with Crippen LogP contribution in [0, 0.1) is 5.92 Å². The molecule has 4 heterocycles. The fourth-order valence-corrected chi connectivity index (χ4v) is 4.60. The average Bonchev–Trinajstić information content (AvgIpc) is 3.21. The van der Waals surface area contributed by atoms with E-state index < -0.39 is 0 Å². The molecule has 5 rings (SSSR count). The number of halogens is 1. The van der Waals surface area contributed by atoms with Gasteiger partial charge in [0.25, 0.3) is 11.5 Å². The number of pyridine rings is 1. The number of aromatic nitrogens is 4. The third-order valence-corrected chi connectivity index (χ3v) is 6.32. The van der Waals surface area contributed by atoms with Gasteiger partial charge in [-0.3, -0.25) is 9.59 Å². The number of rotatable bonds is 4. The molecule has 4 aromatic rings. The fourth-order valence-electron chi connectivity index (χ4n) is 4.39. The van der Waals surface area contributed by atoms with Gasteiger partial charge in [0, 0.05) is 26.6 Å². The van der Waals surface area contributed by atoms with Crippen LogP contribution in [0.1, 0.15) is 34.2 Å². The summed E-state index contributed by atoms with van der Waals surface area (Å²) in [6.45, 7) is 3.87. The van der Waals surface area contributed by atoms with Crippen molar-refractivity contribution in [2.75, 3.05) is 20.1 Å². The molecule has 0 aliphatic carbocycles. The highest BCUT2D eigenvalue weighted by molar-refractivity contribution is 6.33. The summed E-state index contributed by atoms with van der Waals surface area (Å²) in [6, 6.07) is 9.56. The molecule has 0 radical (unpaired) electrons. The Labute approximate surface area is 194 Å². The molecule has 1 aliphatic rings. The van der Waals surface area contributed by atoms with Crippen molar-refractivity contribution in [1.29, 1.82) is 0 Å². The summed E-state index contributed by atoms with van der Waals surface area (Å²) >= 11 is 6.12. The van der Waals surface area contributed by atoms with Crippen LogP contribution in [0.3, 0.4) is 0 Å². The van der Waals surface area contributed by atoms with Gasteiger partial charge in [0.2, 0.25) is 0 Å². The van der Waals surface area contributed by atoms with E-state index in [1.54, 1.807) is 17.6 Å². The molecule has 168 valence electrons. The number of carbonyl (C=O) groups excluding carboxylic acids is 1. The Morgan fingerprint density at radius 2 is 2.15 bits per heavy atom. The number of nitrogens with one attached hydrogen (secondary N) is 3. The molecule has 8 nitrogen and oxygen atoms in total. The summed E-state index contributed by atoms with van der Waals surface area (Å²) < 4.78 is 1.55. The summed E-state index contributed by atoms with van der Waals surface area (Å²) in [5.41, 5.74) is 5.86. The van der Waals surface area contributed by atoms with Crippen molar-refractivity contribution in [2.24, 2.45) is 5.92 Å². The largest absolute Gasteiger partial charge is 0.354 e. The molecule has 3 N–H and O–H groups in total. The van der Waals surface area contributed by atoms with Crippen LogP contribution in [-0.4, -0.2) is 45.6 Å². The third-order valence-electron chi connectivity index (χ3n) is 6.04. The van der Waals surface area contributed by atoms with Crippen molar-refractivity contribution >= 4 is 39.6 Å². The normalized spacial score (nSPS) is 16.2. The van der Waals surface area contributed by atoms with Gasteiger partial charge in [0.05, 0.1) is 27.9 Å². The topological polar surface area (TPSA) is 104 Å². The molecule has 1 aliphatic heterocycles. The molecular formula is C24H23ClN6O2. The van der Waals surface area contributed by atoms with Gasteiger partial charge in [0.15, 0.2) is 5.52 Å². The molecule has 1 amide bonds. The number of nitrogens with zero attached hydrogens (tertiary/aromatic N) is 3. The highest BCUT2D eigenvalue weighted by atomic mass is 35.5. The van der Waals surface area contributed by atoms with E-state index >= 15 is 0 Å². The van der Waals surface area contributed by atoms with E-state index in [-0.39, 0.29) is 11.5 Å². The van der Waals surface area contributed by atoms with Crippen LogP contribution in [0.15, 0.2) is 47.4 Å². The zero-order valence-corrected chi connectivity index (χ0v) is 19.0. The molecular weight excluding hydrogens is 440 g/mol. The number of fused-ring (bicyclic) bond motifs is 3. The number of hydrogen-bond acceptors (Lipinski definition) is 5. The van der Waals surface area contributed by atoms with Crippen LogP contribution in [0.25, 0.3) is 22.1 Å². The molecule has 0 bridgehead atoms. The van der Waals surface area contributed by atoms with Gasteiger partial charge >= 0.3 is 0 Å². The van der Waals surface area contributed by atoms with Gasteiger partial charge in [-0.05, 0) is 40.8 Å². The van der Waals surface area contributed by atoms with E-state index in [1.807, 2.05) is 24.3 Å². The lowest BCUT2D eigenvalue weighted by Crippen LogP contribution is -2.27. The Morgan fingerprint density at radius 1 is 1.30 bits per heavy atom. The minimum atomic E-state index is -0.295. The Hall–Kier alpha value is -3.49. The van der Waals surface area contributed by atoms with E-state index in [1.165, 1.54) is 11.8 Å². The first kappa shape index (κ1) is 21.4. The zero-order chi connectivity index (χ0) is 23.1. The van der Waals surface area contributed by atoms with Crippen LogP contribution in [0.5, 0.6) is 0 Å². The maximum Gasteiger partial charge on any atom is 0.276 e. The Balaban J connectivity index is 1.61. The Morgan fingerprint density at radius 3 is 2.94 bits per heavy atom. The summed E-state index contributed by atoms with van der Waals surface area (Å²) in [6.07, 6.45) is 4.16. The van der Waals surface area contributed by atoms with Crippen molar-refractivity contribution in [3.05, 3.63) is 80.5 Å². The van der Waals surface area contributed by atoms with Gasteiger partial charge in [0.1, 0.15) is 5.69 Å². The monoisotopic (exact) mass is 462 g/mol. The molecule has 0 saturated carbocycles. The van der Waals surface area contributed by atoms with Gasteiger partial charge < -0.3 is 15.6 Å². The van der Waals surface area contributed by atoms with Crippen molar-refractivity contribution in [3.8, 4) is 0 Å². The number of carbonyl (C=O) groups is 1. The summed E-state index contributed by atoms with van der Waals surface area (Å²) in [4.78, 5) is 32.4. The molecule has 0 saturated heterocycles. The zero-order valence-electron chi connectivity index (χ0n) is 18.3. The minimum absolute atomic E-state index is 0.226. The van der Waals surface area contributed by atoms with E-state index in [0.717, 1.165) is 35.4 Å². The molecule has 0 spiro atoms. The van der Waals surface area contributed by atoms with Crippen molar-refractivity contribution in [1.82, 2.24) is 30.2 Å². The standard InChI is InChI=1S/C24H23ClN6O2/c1-13-11-27-8-7-15(13)16-4-5-18(23(32)26-2)29-19(16)9-14-3-6-21-20(10-14)30-24(33)22-17(25)12-28-31(21)22/h3-7,10,12-13,27H,8-9,11H2,1-2H3,(H,26,32)(H,30,33). The summed E-state index contributed by atoms with van der Waals surface area (Å²) in [5.74, 6) is 0.104. The van der Waals surface area contributed by atoms with Crippen LogP contribution < -0.4 is 16.2 Å². The molecule has 1 unspecified atom stereocenters. The second-order valence-corrected chi connectivity index (χ2v) is 8.63. The van der Waals surface area contributed by atoms with Crippen molar-refractivity contribution < 1.29 is 4.79 Å². The quantitative estimate of drug-likeness (QED) is 0.432. The van der Waals surface area contributed by atoms with E-state index in [4.69, 9.17) is 16.6 Å². The van der Waals surface area contributed by atoms with Crippen molar-refractivity contribution in [3.63, 3.8) is 0 Å². The molecule has 33 heavy (non-hydrogen) atoms. The smallest absolute Gasteiger partial charge is 0.276 e. The van der Waals surface area contributed by atoms with E-state index in [9.17, 15) is 9.59 Å². The van der Waals surface area contributed by atoms with Crippen LogP contribution in [0.4, 0.5) is 0 Å². The SMILES string of the molecule is CNC(=O)c1ccc(C2=CCNCC2C)c(Cc2ccc3c(c2)[nH]c(=O)c2c(Cl)cnn23)n1. The highest BCUT2D eigenvalue weighted by Gasteiger charge is 2.20. The summed E-state index contributed by atoms with van der Waals surface area (Å²) in [5, 5.41) is 10.6. The molecule has 0 fully saturated rings. The predicted octanol–water partition coefficient (Wildman–Crippen LogP) is 2.80. The molecule has 1 atom stereocenters. The number of amides is 1. The molecule has 1 aromatic carbocycles. The lowest BCUT2D eigenvalue weighted by molar-refractivity contribution is 0.0958. The van der Waals surface area contributed by atoms with Gasteiger partial charge in [-0.25, -0.2) is 9.50 Å². The summed E-state index contributed by atoms with van der Waals surface area (Å²) in [7, 11) is 1.59. The number of aromatic amines is 1. The second-order valence-electron chi connectivity index (χ2n) is 8.22. The van der Waals surface area contributed by atoms with Crippen molar-refractivity contribution in [2.45, 2.75) is 13.3 Å². The first-order valence-electron chi connectivity index (χ1n) is 10.8. The maximum absolute atomic E-state index is 12.5. The van der Waals surface area contributed by atoms with E-state index in [2.05, 4.69) is 33.7 Å². The number of benzene rings is 1. The minimum Gasteiger partial charge on any atom is -0.354 e. The highest BCUT2D eigenvalue weighted by Crippen LogP contribution is 2.29. The van der Waals surface area contributed by atoms with Gasteiger partial charge in [-0.1, -0.05) is 36.7 Å². The van der Waals surface area contributed by atoms with Crippen LogP contribution in [-0.2, 0) is 6.42 Å². The number of H-pyrrole nitrogens is 1. The number of hydrogen-bond donors (Lipinski definition) is 3. The third kappa shape index (κ3) is 3.81. The fraction of sp³-hybridized carbons (Fsp3) is 0.250. The van der Waals surface area contributed by atoms with Gasteiger partial charge in [-0.2, -0.15) is 5.10 Å². The molecule has 3 aromatic heterocycles. The lowest BCUT2D eigenvalue weighted by atomic mass is 9.88. The lowest BCUT2D eigenvalue weighted by Gasteiger charge is -2.23. The average molecular weight is 463 g/mol. The second kappa shape index (κ2) is 8.46. The van der Waals surface area contributed by atoms with Crippen LogP contribution >= 0.6 is 11.6 Å². The Kier molecular flexibility index (Phi) is 5.47. The predicted molar refractivity (Wildman–Crippen MR) is 129 cm³/mol. The maximum atomic E-state index is 12.5.